The molecular weight excluding hydrogens is 260 g/mol. The van der Waals surface area contributed by atoms with Gasteiger partial charge in [0.2, 0.25) is 0 Å². The maximum atomic E-state index is 11.2. The molecule has 1 aromatic carbocycles. The van der Waals surface area contributed by atoms with Gasteiger partial charge in [-0.1, -0.05) is 12.1 Å². The summed E-state index contributed by atoms with van der Waals surface area (Å²) in [6.45, 7) is 3.81. The maximum absolute atomic E-state index is 11.2. The molecule has 0 bridgehead atoms. The van der Waals surface area contributed by atoms with Gasteiger partial charge in [-0.15, -0.1) is 0 Å². The molecule has 0 radical (unpaired) electrons. The van der Waals surface area contributed by atoms with Crippen LogP contribution in [0.5, 0.6) is 0 Å². The van der Waals surface area contributed by atoms with Gasteiger partial charge in [-0.05, 0) is 30.9 Å². The van der Waals surface area contributed by atoms with Crippen LogP contribution >= 0.6 is 0 Å². The number of nitro groups is 1. The van der Waals surface area contributed by atoms with E-state index in [0.29, 0.717) is 17.2 Å². The monoisotopic (exact) mass is 278 g/mol. The summed E-state index contributed by atoms with van der Waals surface area (Å²) in [4.78, 5) is 12.8. The van der Waals surface area contributed by atoms with Gasteiger partial charge in [0, 0.05) is 24.7 Å². The predicted molar refractivity (Wildman–Crippen MR) is 76.2 cm³/mol. The number of nitrogens with two attached hydrogens (primary N) is 1. The lowest BCUT2D eigenvalue weighted by molar-refractivity contribution is -0.384. The Labute approximate surface area is 116 Å². The molecule has 0 aromatic heterocycles. The zero-order valence-corrected chi connectivity index (χ0v) is 11.3. The number of hydrogen-bond donors (Lipinski definition) is 2. The van der Waals surface area contributed by atoms with Crippen LogP contribution in [-0.4, -0.2) is 29.1 Å². The molecule has 1 aliphatic heterocycles. The fourth-order valence-corrected chi connectivity index (χ4v) is 2.40. The van der Waals surface area contributed by atoms with Gasteiger partial charge in [0.25, 0.3) is 5.69 Å². The van der Waals surface area contributed by atoms with Crippen molar-refractivity contribution in [2.75, 3.05) is 18.0 Å². The van der Waals surface area contributed by atoms with Crippen LogP contribution < -0.4 is 10.6 Å². The summed E-state index contributed by atoms with van der Waals surface area (Å²) < 4.78 is 0. The molecule has 108 valence electrons. The van der Waals surface area contributed by atoms with Crippen LogP contribution in [0.4, 0.5) is 11.4 Å². The molecule has 2 rings (SSSR count). The Kier molecular flexibility index (Phi) is 4.07. The Balaban J connectivity index is 2.35. The van der Waals surface area contributed by atoms with E-state index in [1.54, 1.807) is 12.1 Å². The SMILES string of the molecule is CC1CCN(c2ccc(C(N)=NO)cc2[N+](=O)[O-])CC1. The van der Waals surface area contributed by atoms with Crippen molar-refractivity contribution in [1.82, 2.24) is 0 Å². The lowest BCUT2D eigenvalue weighted by atomic mass is 9.98. The Morgan fingerprint density at radius 2 is 2.15 bits per heavy atom. The molecule has 0 amide bonds. The van der Waals surface area contributed by atoms with Crippen LogP contribution in [0, 0.1) is 16.0 Å². The van der Waals surface area contributed by atoms with E-state index in [4.69, 9.17) is 10.9 Å². The highest BCUT2D eigenvalue weighted by Gasteiger charge is 2.24. The Morgan fingerprint density at radius 1 is 1.50 bits per heavy atom. The molecule has 0 aliphatic carbocycles. The summed E-state index contributed by atoms with van der Waals surface area (Å²) in [5.41, 5.74) is 6.40. The molecule has 1 aromatic rings. The molecule has 1 fully saturated rings. The Bertz CT molecular complexity index is 536. The smallest absolute Gasteiger partial charge is 0.293 e. The Morgan fingerprint density at radius 3 is 2.70 bits per heavy atom. The molecular formula is C13H18N4O3. The highest BCUT2D eigenvalue weighted by molar-refractivity contribution is 5.98. The van der Waals surface area contributed by atoms with Gasteiger partial charge < -0.3 is 15.8 Å². The number of anilines is 1. The van der Waals surface area contributed by atoms with Gasteiger partial charge in [0.05, 0.1) is 4.92 Å². The first-order chi connectivity index (χ1) is 9.52. The zero-order valence-electron chi connectivity index (χ0n) is 11.3. The van der Waals surface area contributed by atoms with Crippen molar-refractivity contribution in [2.45, 2.75) is 19.8 Å². The van der Waals surface area contributed by atoms with E-state index < -0.39 is 4.92 Å². The summed E-state index contributed by atoms with van der Waals surface area (Å²) in [6, 6.07) is 4.65. The normalized spacial score (nSPS) is 17.2. The van der Waals surface area contributed by atoms with Crippen molar-refractivity contribution >= 4 is 17.2 Å². The van der Waals surface area contributed by atoms with E-state index in [1.807, 2.05) is 4.90 Å². The highest BCUT2D eigenvalue weighted by Crippen LogP contribution is 2.32. The third-order valence-corrected chi connectivity index (χ3v) is 3.70. The quantitative estimate of drug-likeness (QED) is 0.289. The molecule has 0 spiro atoms. The molecule has 3 N–H and O–H groups in total. The van der Waals surface area contributed by atoms with Crippen LogP contribution in [0.25, 0.3) is 0 Å². The second-order valence-corrected chi connectivity index (χ2v) is 5.12. The predicted octanol–water partition coefficient (Wildman–Crippen LogP) is 1.93. The van der Waals surface area contributed by atoms with Crippen LogP contribution in [0.1, 0.15) is 25.3 Å². The molecule has 20 heavy (non-hydrogen) atoms. The average molecular weight is 278 g/mol. The Hall–Kier alpha value is -2.31. The largest absolute Gasteiger partial charge is 0.409 e. The fourth-order valence-electron chi connectivity index (χ4n) is 2.40. The van der Waals surface area contributed by atoms with Crippen molar-refractivity contribution < 1.29 is 10.1 Å². The van der Waals surface area contributed by atoms with Gasteiger partial charge in [-0.25, -0.2) is 0 Å². The number of benzene rings is 1. The molecule has 7 nitrogen and oxygen atoms in total. The molecule has 7 heteroatoms. The van der Waals surface area contributed by atoms with E-state index in [2.05, 4.69) is 12.1 Å². The number of rotatable bonds is 3. The summed E-state index contributed by atoms with van der Waals surface area (Å²) in [7, 11) is 0. The number of nitrogens with zero attached hydrogens (tertiary/aromatic N) is 3. The third kappa shape index (κ3) is 2.81. The summed E-state index contributed by atoms with van der Waals surface area (Å²) >= 11 is 0. The van der Waals surface area contributed by atoms with E-state index in [9.17, 15) is 10.1 Å². The molecule has 0 saturated carbocycles. The molecule has 0 unspecified atom stereocenters. The standard InChI is InChI=1S/C13H18N4O3/c1-9-4-6-16(7-5-9)11-3-2-10(13(14)15-18)8-12(11)17(19)20/h2-3,8-9,18H,4-7H2,1H3,(H2,14,15). The summed E-state index contributed by atoms with van der Waals surface area (Å²) in [6.07, 6.45) is 2.05. The summed E-state index contributed by atoms with van der Waals surface area (Å²) in [5, 5.41) is 22.7. The van der Waals surface area contributed by atoms with Gasteiger partial charge in [0.15, 0.2) is 5.84 Å². The first-order valence-electron chi connectivity index (χ1n) is 6.54. The van der Waals surface area contributed by atoms with Crippen molar-refractivity contribution in [3.05, 3.63) is 33.9 Å². The van der Waals surface area contributed by atoms with Crippen molar-refractivity contribution in [3.63, 3.8) is 0 Å². The minimum absolute atomic E-state index is 0.0105. The number of hydrogen-bond acceptors (Lipinski definition) is 5. The van der Waals surface area contributed by atoms with Crippen LogP contribution in [0.2, 0.25) is 0 Å². The summed E-state index contributed by atoms with van der Waals surface area (Å²) in [5.74, 6) is 0.522. The first kappa shape index (κ1) is 14.1. The van der Waals surface area contributed by atoms with E-state index >= 15 is 0 Å². The minimum atomic E-state index is -0.429. The van der Waals surface area contributed by atoms with Crippen LogP contribution in [0.3, 0.4) is 0 Å². The minimum Gasteiger partial charge on any atom is -0.409 e. The number of amidine groups is 1. The average Bonchev–Trinajstić information content (AvgIpc) is 2.46. The topological polar surface area (TPSA) is 105 Å². The molecule has 1 aliphatic rings. The molecule has 1 heterocycles. The highest BCUT2D eigenvalue weighted by atomic mass is 16.6. The van der Waals surface area contributed by atoms with Crippen LogP contribution in [0.15, 0.2) is 23.4 Å². The second-order valence-electron chi connectivity index (χ2n) is 5.12. The fraction of sp³-hybridized carbons (Fsp3) is 0.462. The van der Waals surface area contributed by atoms with Crippen molar-refractivity contribution in [3.8, 4) is 0 Å². The maximum Gasteiger partial charge on any atom is 0.293 e. The lowest BCUT2D eigenvalue weighted by Crippen LogP contribution is -2.33. The number of piperidine rings is 1. The van der Waals surface area contributed by atoms with Crippen molar-refractivity contribution in [1.29, 1.82) is 0 Å². The third-order valence-electron chi connectivity index (χ3n) is 3.70. The van der Waals surface area contributed by atoms with Crippen molar-refractivity contribution in [2.24, 2.45) is 16.8 Å². The van der Waals surface area contributed by atoms with E-state index in [1.165, 1.54) is 6.07 Å². The van der Waals surface area contributed by atoms with E-state index in [0.717, 1.165) is 25.9 Å². The lowest BCUT2D eigenvalue weighted by Gasteiger charge is -2.31. The van der Waals surface area contributed by atoms with Gasteiger partial charge in [-0.2, -0.15) is 0 Å². The van der Waals surface area contributed by atoms with Crippen LogP contribution in [-0.2, 0) is 0 Å². The zero-order chi connectivity index (χ0) is 14.7. The number of nitro benzene ring substituents is 1. The van der Waals surface area contributed by atoms with Gasteiger partial charge in [-0.3, -0.25) is 10.1 Å². The van der Waals surface area contributed by atoms with E-state index in [-0.39, 0.29) is 11.5 Å². The molecule has 0 atom stereocenters. The number of oxime groups is 1. The first-order valence-corrected chi connectivity index (χ1v) is 6.54. The second kappa shape index (κ2) is 5.77. The molecule has 1 saturated heterocycles. The van der Waals surface area contributed by atoms with Gasteiger partial charge in [0.1, 0.15) is 5.69 Å². The van der Waals surface area contributed by atoms with Gasteiger partial charge >= 0.3 is 0 Å².